The Bertz CT molecular complexity index is 1450. The van der Waals surface area contributed by atoms with Gasteiger partial charge in [0.2, 0.25) is 5.91 Å². The van der Waals surface area contributed by atoms with Crippen LogP contribution in [0.15, 0.2) is 66.7 Å². The largest absolute Gasteiger partial charge is 0.496 e. The Kier molecular flexibility index (Phi) is 9.00. The summed E-state index contributed by atoms with van der Waals surface area (Å²) in [5.41, 5.74) is -2.69. The van der Waals surface area contributed by atoms with Crippen molar-refractivity contribution in [2.24, 2.45) is 0 Å². The zero-order chi connectivity index (χ0) is 31.7. The minimum Gasteiger partial charge on any atom is -0.496 e. The molecule has 0 aliphatic carbocycles. The minimum absolute atomic E-state index is 0.0919. The lowest BCUT2D eigenvalue weighted by Crippen LogP contribution is -2.60. The van der Waals surface area contributed by atoms with E-state index >= 15 is 0 Å². The van der Waals surface area contributed by atoms with Crippen LogP contribution in [-0.4, -0.2) is 55.0 Å². The van der Waals surface area contributed by atoms with Crippen molar-refractivity contribution in [3.63, 3.8) is 0 Å². The molecule has 2 aliphatic rings. The first-order valence-corrected chi connectivity index (χ1v) is 14.7. The van der Waals surface area contributed by atoms with Gasteiger partial charge >= 0.3 is 12.4 Å². The predicted molar refractivity (Wildman–Crippen MR) is 154 cm³/mol. The molecular weight excluding hydrogens is 584 g/mol. The highest BCUT2D eigenvalue weighted by molar-refractivity contribution is 5.92. The van der Waals surface area contributed by atoms with Crippen LogP contribution >= 0.6 is 0 Å². The Hall–Kier alpha value is -3.57. The van der Waals surface area contributed by atoms with Crippen LogP contribution in [0.5, 0.6) is 5.75 Å². The third-order valence-electron chi connectivity index (χ3n) is 8.78. The van der Waals surface area contributed by atoms with Gasteiger partial charge in [0.25, 0.3) is 0 Å². The van der Waals surface area contributed by atoms with E-state index in [0.29, 0.717) is 25.0 Å². The fourth-order valence-electron chi connectivity index (χ4n) is 6.70. The first kappa shape index (κ1) is 31.8. The number of likely N-dealkylation sites (tertiary alicyclic amines) is 1. The molecule has 1 saturated heterocycles. The molecule has 0 aromatic heterocycles. The maximum atomic E-state index is 14.3. The van der Waals surface area contributed by atoms with Crippen molar-refractivity contribution in [3.05, 3.63) is 100 Å². The molecule has 11 heteroatoms. The lowest BCUT2D eigenvalue weighted by Gasteiger charge is -2.49. The van der Waals surface area contributed by atoms with Crippen molar-refractivity contribution in [2.75, 3.05) is 33.3 Å². The number of carbonyl (C=O) groups is 1. The van der Waals surface area contributed by atoms with Gasteiger partial charge in [-0.2, -0.15) is 26.3 Å². The smallest absolute Gasteiger partial charge is 0.416 e. The zero-order valence-corrected chi connectivity index (χ0v) is 24.6. The number of fused-ring (bicyclic) bond motifs is 1. The maximum Gasteiger partial charge on any atom is 0.416 e. The second-order valence-corrected chi connectivity index (χ2v) is 11.3. The number of ether oxygens (including phenoxy) is 1. The van der Waals surface area contributed by atoms with E-state index < -0.39 is 40.5 Å². The zero-order valence-electron chi connectivity index (χ0n) is 24.6. The number of halogens is 6. The van der Waals surface area contributed by atoms with Gasteiger partial charge in [0.15, 0.2) is 5.54 Å². The van der Waals surface area contributed by atoms with Crippen LogP contribution in [0.3, 0.4) is 0 Å². The number of nitrogens with one attached hydrogen (secondary N) is 1. The average Bonchev–Trinajstić information content (AvgIpc) is 3.01. The van der Waals surface area contributed by atoms with Gasteiger partial charge in [0.05, 0.1) is 18.2 Å². The maximum absolute atomic E-state index is 14.3. The molecule has 3 aromatic carbocycles. The summed E-state index contributed by atoms with van der Waals surface area (Å²) in [6.07, 6.45) is -8.12. The number of piperidine rings is 1. The van der Waals surface area contributed by atoms with Gasteiger partial charge in [-0.3, -0.25) is 14.6 Å². The number of likely N-dealkylation sites (N-methyl/N-ethyl adjacent to an activating group) is 1. The van der Waals surface area contributed by atoms with Crippen LogP contribution in [0, 0.1) is 0 Å². The van der Waals surface area contributed by atoms with Crippen molar-refractivity contribution in [2.45, 2.75) is 56.7 Å². The summed E-state index contributed by atoms with van der Waals surface area (Å²) < 4.78 is 90.3. The number of nitrogens with zero attached hydrogens (tertiary/aromatic N) is 2. The topological polar surface area (TPSA) is 44.8 Å². The Morgan fingerprint density at radius 1 is 0.841 bits per heavy atom. The highest BCUT2D eigenvalue weighted by Crippen LogP contribution is 2.46. The lowest BCUT2D eigenvalue weighted by molar-refractivity contribution is -0.144. The summed E-state index contributed by atoms with van der Waals surface area (Å²) >= 11 is 0. The van der Waals surface area contributed by atoms with Crippen LogP contribution in [0.25, 0.3) is 0 Å². The van der Waals surface area contributed by atoms with Gasteiger partial charge in [-0.1, -0.05) is 42.5 Å². The summed E-state index contributed by atoms with van der Waals surface area (Å²) in [5, 5.41) is 2.72. The van der Waals surface area contributed by atoms with Crippen LogP contribution in [0.1, 0.15) is 53.1 Å². The fourth-order valence-corrected chi connectivity index (χ4v) is 6.70. The molecular formula is C33H35F6N3O2. The molecule has 0 radical (unpaired) electrons. The van der Waals surface area contributed by atoms with Crippen LogP contribution < -0.4 is 10.1 Å². The number of carbonyl (C=O) groups excluding carboxylic acids is 1. The second kappa shape index (κ2) is 12.4. The van der Waals surface area contributed by atoms with Crippen molar-refractivity contribution in [1.82, 2.24) is 15.1 Å². The van der Waals surface area contributed by atoms with Crippen molar-refractivity contribution in [1.29, 1.82) is 0 Å². The number of alkyl halides is 6. The van der Waals surface area contributed by atoms with Crippen LogP contribution in [-0.2, 0) is 35.7 Å². The monoisotopic (exact) mass is 619 g/mol. The number of para-hydroxylation sites is 1. The van der Waals surface area contributed by atoms with E-state index in [1.807, 2.05) is 12.1 Å². The molecule has 5 nitrogen and oxygen atoms in total. The Morgan fingerprint density at radius 2 is 1.41 bits per heavy atom. The van der Waals surface area contributed by atoms with E-state index in [1.165, 1.54) is 24.3 Å². The van der Waals surface area contributed by atoms with Crippen LogP contribution in [0.2, 0.25) is 0 Å². The van der Waals surface area contributed by atoms with E-state index in [-0.39, 0.29) is 43.1 Å². The molecule has 2 aliphatic heterocycles. The van der Waals surface area contributed by atoms with Crippen molar-refractivity contribution in [3.8, 4) is 5.75 Å². The highest BCUT2D eigenvalue weighted by Gasteiger charge is 2.52. The normalized spacial score (nSPS) is 18.4. The summed E-state index contributed by atoms with van der Waals surface area (Å²) in [6, 6.07) is 16.1. The van der Waals surface area contributed by atoms with Crippen LogP contribution in [0.4, 0.5) is 26.3 Å². The third kappa shape index (κ3) is 6.04. The van der Waals surface area contributed by atoms with Crippen molar-refractivity contribution >= 4 is 5.91 Å². The quantitative estimate of drug-likeness (QED) is 0.302. The van der Waals surface area contributed by atoms with Gasteiger partial charge < -0.3 is 10.1 Å². The molecule has 3 aromatic rings. The standard InChI is InChI=1S/C33H35F6N3O2/c1-3-40-30(43)31(28-10-6-7-11-29(28)44-2,24-18-25(32(34,35)36)20-26(19-24)33(37,38)39)42-16-13-27(14-17-42)41-15-12-22-8-4-5-9-23(22)21-41/h4-11,18-20,27H,3,12-17,21H2,1-2H3,(H,40,43). The summed E-state index contributed by atoms with van der Waals surface area (Å²) in [4.78, 5) is 18.4. The fraction of sp³-hybridized carbons (Fsp3) is 0.424. The van der Waals surface area contributed by atoms with Gasteiger partial charge in [-0.15, -0.1) is 0 Å². The number of methoxy groups -OCH3 is 1. The number of rotatable bonds is 7. The summed E-state index contributed by atoms with van der Waals surface area (Å²) in [5.74, 6) is -0.540. The number of benzene rings is 3. The first-order valence-electron chi connectivity index (χ1n) is 14.7. The Balaban J connectivity index is 1.63. The highest BCUT2D eigenvalue weighted by atomic mass is 19.4. The lowest BCUT2D eigenvalue weighted by atomic mass is 9.77. The van der Waals surface area contributed by atoms with Gasteiger partial charge in [-0.25, -0.2) is 0 Å². The Morgan fingerprint density at radius 3 is 2.00 bits per heavy atom. The molecule has 1 atom stereocenters. The van der Waals surface area contributed by atoms with E-state index in [4.69, 9.17) is 4.74 Å². The van der Waals surface area contributed by atoms with Gasteiger partial charge in [0.1, 0.15) is 5.75 Å². The molecule has 0 spiro atoms. The number of amides is 1. The van der Waals surface area contributed by atoms with Crippen molar-refractivity contribution < 1.29 is 35.9 Å². The first-order chi connectivity index (χ1) is 20.9. The van der Waals surface area contributed by atoms with E-state index in [9.17, 15) is 31.1 Å². The molecule has 2 heterocycles. The SMILES string of the molecule is CCNC(=O)C(c1cc(C(F)(F)F)cc(C(F)(F)F)c1)(c1ccccc1OC)N1CCC(N2CCc3ccccc3C2)CC1. The molecule has 1 amide bonds. The number of hydrogen-bond donors (Lipinski definition) is 1. The summed E-state index contributed by atoms with van der Waals surface area (Å²) in [7, 11) is 1.36. The predicted octanol–water partition coefficient (Wildman–Crippen LogP) is 6.64. The van der Waals surface area contributed by atoms with Gasteiger partial charge in [0, 0.05) is 44.3 Å². The number of hydrogen-bond acceptors (Lipinski definition) is 4. The molecule has 5 rings (SSSR count). The summed E-state index contributed by atoms with van der Waals surface area (Å²) in [6.45, 7) is 3.89. The molecule has 44 heavy (non-hydrogen) atoms. The Labute approximate surface area is 252 Å². The molecule has 0 saturated carbocycles. The van der Waals surface area contributed by atoms with E-state index in [1.54, 1.807) is 30.0 Å². The molecule has 1 unspecified atom stereocenters. The molecule has 1 fully saturated rings. The second-order valence-electron chi connectivity index (χ2n) is 11.3. The molecule has 0 bridgehead atoms. The molecule has 1 N–H and O–H groups in total. The van der Waals surface area contributed by atoms with Gasteiger partial charge in [-0.05, 0) is 67.1 Å². The molecule has 236 valence electrons. The average molecular weight is 620 g/mol. The third-order valence-corrected chi connectivity index (χ3v) is 8.78. The van der Waals surface area contributed by atoms with E-state index in [2.05, 4.69) is 22.3 Å². The van der Waals surface area contributed by atoms with E-state index in [0.717, 1.165) is 19.5 Å². The minimum atomic E-state index is -5.08.